The number of rotatable bonds is 6. The molecule has 2 N–H and O–H groups in total. The first-order valence-corrected chi connectivity index (χ1v) is 8.97. The molecule has 0 saturated carbocycles. The zero-order valence-electron chi connectivity index (χ0n) is 14.5. The van der Waals surface area contributed by atoms with E-state index in [0.29, 0.717) is 19.6 Å². The smallest absolute Gasteiger partial charge is 0.317 e. The molecule has 25 heavy (non-hydrogen) atoms. The fraction of sp³-hybridized carbons (Fsp3) is 0.474. The lowest BCUT2D eigenvalue weighted by atomic mass is 9.95. The Morgan fingerprint density at radius 3 is 2.92 bits per heavy atom. The molecule has 0 spiro atoms. The summed E-state index contributed by atoms with van der Waals surface area (Å²) in [6.07, 6.45) is 4.77. The van der Waals surface area contributed by atoms with Crippen molar-refractivity contribution in [1.29, 1.82) is 0 Å². The van der Waals surface area contributed by atoms with Crippen LogP contribution in [0.15, 0.2) is 42.6 Å². The van der Waals surface area contributed by atoms with Gasteiger partial charge in [-0.2, -0.15) is 5.10 Å². The number of urea groups is 1. The number of carbonyl (C=O) groups is 1. The third-order valence-corrected chi connectivity index (χ3v) is 4.65. The SMILES string of the molecule is O=C(NCCc1ccccc1)N1CCC[C@H](c2ccn(CCO)n2)C1. The summed E-state index contributed by atoms with van der Waals surface area (Å²) in [5.41, 5.74) is 2.24. The molecular weight excluding hydrogens is 316 g/mol. The number of hydrogen-bond acceptors (Lipinski definition) is 3. The standard InChI is InChI=1S/C19H26N4O2/c24-14-13-23-12-9-18(21-23)17-7-4-11-22(15-17)19(25)20-10-8-16-5-2-1-3-6-16/h1-3,5-6,9,12,17,24H,4,7-8,10-11,13-15H2,(H,20,25)/t17-/m0/s1. The summed E-state index contributed by atoms with van der Waals surface area (Å²) in [5.74, 6) is 0.272. The van der Waals surface area contributed by atoms with Crippen LogP contribution in [0.3, 0.4) is 0 Å². The largest absolute Gasteiger partial charge is 0.394 e. The zero-order chi connectivity index (χ0) is 17.5. The van der Waals surface area contributed by atoms with Gasteiger partial charge >= 0.3 is 6.03 Å². The molecule has 0 bridgehead atoms. The highest BCUT2D eigenvalue weighted by atomic mass is 16.3. The molecule has 3 rings (SSSR count). The lowest BCUT2D eigenvalue weighted by Gasteiger charge is -2.32. The van der Waals surface area contributed by atoms with E-state index in [1.807, 2.05) is 35.4 Å². The van der Waals surface area contributed by atoms with Gasteiger partial charge in [-0.3, -0.25) is 4.68 Å². The van der Waals surface area contributed by atoms with Crippen molar-refractivity contribution in [2.24, 2.45) is 0 Å². The maximum atomic E-state index is 12.4. The Labute approximate surface area is 148 Å². The quantitative estimate of drug-likeness (QED) is 0.844. The normalized spacial score (nSPS) is 17.5. The highest BCUT2D eigenvalue weighted by Gasteiger charge is 2.26. The van der Waals surface area contributed by atoms with E-state index in [1.54, 1.807) is 4.68 Å². The average Bonchev–Trinajstić information content (AvgIpc) is 3.12. The minimum Gasteiger partial charge on any atom is -0.394 e. The Bertz CT molecular complexity index is 671. The van der Waals surface area contributed by atoms with E-state index in [0.717, 1.165) is 31.5 Å². The molecule has 0 aliphatic carbocycles. The first-order valence-electron chi connectivity index (χ1n) is 8.97. The van der Waals surface area contributed by atoms with Crippen LogP contribution in [0.1, 0.15) is 30.0 Å². The Hall–Kier alpha value is -2.34. The van der Waals surface area contributed by atoms with Crippen molar-refractivity contribution in [2.75, 3.05) is 26.2 Å². The highest BCUT2D eigenvalue weighted by molar-refractivity contribution is 5.74. The monoisotopic (exact) mass is 342 g/mol. The molecule has 0 unspecified atom stereocenters. The third-order valence-electron chi connectivity index (χ3n) is 4.65. The number of amides is 2. The van der Waals surface area contributed by atoms with Crippen LogP contribution < -0.4 is 5.32 Å². The Morgan fingerprint density at radius 2 is 2.12 bits per heavy atom. The fourth-order valence-electron chi connectivity index (χ4n) is 3.30. The second-order valence-electron chi connectivity index (χ2n) is 6.48. The Morgan fingerprint density at radius 1 is 1.28 bits per heavy atom. The summed E-state index contributed by atoms with van der Waals surface area (Å²) in [4.78, 5) is 14.3. The summed E-state index contributed by atoms with van der Waals surface area (Å²) in [7, 11) is 0. The molecular formula is C19H26N4O2. The van der Waals surface area contributed by atoms with Gasteiger partial charge in [0.15, 0.2) is 0 Å². The molecule has 2 heterocycles. The molecule has 134 valence electrons. The minimum absolute atomic E-state index is 0.00965. The molecule has 0 radical (unpaired) electrons. The number of benzene rings is 1. The lowest BCUT2D eigenvalue weighted by Crippen LogP contribution is -2.45. The molecule has 1 saturated heterocycles. The summed E-state index contributed by atoms with van der Waals surface area (Å²) >= 11 is 0. The van der Waals surface area contributed by atoms with Crippen LogP contribution in [0.25, 0.3) is 0 Å². The molecule has 6 heteroatoms. The van der Waals surface area contributed by atoms with E-state index in [1.165, 1.54) is 5.56 Å². The number of nitrogens with one attached hydrogen (secondary N) is 1. The fourth-order valence-corrected chi connectivity index (χ4v) is 3.30. The second kappa shape index (κ2) is 8.67. The van der Waals surface area contributed by atoms with Gasteiger partial charge in [0, 0.05) is 31.7 Å². The van der Waals surface area contributed by atoms with Crippen LogP contribution in [0.4, 0.5) is 4.79 Å². The van der Waals surface area contributed by atoms with Gasteiger partial charge < -0.3 is 15.3 Å². The number of aliphatic hydroxyl groups is 1. The van der Waals surface area contributed by atoms with Gasteiger partial charge in [-0.1, -0.05) is 30.3 Å². The second-order valence-corrected chi connectivity index (χ2v) is 6.48. The topological polar surface area (TPSA) is 70.4 Å². The van der Waals surface area contributed by atoms with Gasteiger partial charge in [-0.25, -0.2) is 4.79 Å². The van der Waals surface area contributed by atoms with Gasteiger partial charge in [-0.15, -0.1) is 0 Å². The van der Waals surface area contributed by atoms with Crippen molar-refractivity contribution in [1.82, 2.24) is 20.0 Å². The molecule has 1 fully saturated rings. The van der Waals surface area contributed by atoms with E-state index < -0.39 is 0 Å². The number of likely N-dealkylation sites (tertiary alicyclic amines) is 1. The van der Waals surface area contributed by atoms with Crippen LogP contribution in [0.2, 0.25) is 0 Å². The zero-order valence-corrected chi connectivity index (χ0v) is 14.5. The predicted molar refractivity (Wildman–Crippen MR) is 96.4 cm³/mol. The lowest BCUT2D eigenvalue weighted by molar-refractivity contribution is 0.179. The van der Waals surface area contributed by atoms with E-state index >= 15 is 0 Å². The van der Waals surface area contributed by atoms with Crippen LogP contribution in [0.5, 0.6) is 0 Å². The summed E-state index contributed by atoms with van der Waals surface area (Å²) in [5, 5.41) is 16.5. The van der Waals surface area contributed by atoms with E-state index in [2.05, 4.69) is 22.5 Å². The maximum absolute atomic E-state index is 12.4. The Balaban J connectivity index is 1.49. The van der Waals surface area contributed by atoms with Gasteiger partial charge in [-0.05, 0) is 30.9 Å². The van der Waals surface area contributed by atoms with Crippen molar-refractivity contribution in [3.05, 3.63) is 53.9 Å². The van der Waals surface area contributed by atoms with Gasteiger partial charge in [0.1, 0.15) is 0 Å². The number of aliphatic hydroxyl groups excluding tert-OH is 1. The molecule has 1 atom stereocenters. The molecule has 1 aromatic heterocycles. The number of nitrogens with zero attached hydrogens (tertiary/aromatic N) is 3. The van der Waals surface area contributed by atoms with Gasteiger partial charge in [0.2, 0.25) is 0 Å². The molecule has 1 aromatic carbocycles. The van der Waals surface area contributed by atoms with E-state index in [4.69, 9.17) is 5.11 Å². The molecule has 2 amide bonds. The third kappa shape index (κ3) is 4.82. The van der Waals surface area contributed by atoms with Crippen molar-refractivity contribution in [3.63, 3.8) is 0 Å². The van der Waals surface area contributed by atoms with Crippen LogP contribution in [-0.2, 0) is 13.0 Å². The molecule has 6 nitrogen and oxygen atoms in total. The van der Waals surface area contributed by atoms with Crippen LogP contribution in [0, 0.1) is 0 Å². The average molecular weight is 342 g/mol. The maximum Gasteiger partial charge on any atom is 0.317 e. The van der Waals surface area contributed by atoms with Crippen molar-refractivity contribution < 1.29 is 9.90 Å². The first-order chi connectivity index (χ1) is 12.3. The number of hydrogen-bond donors (Lipinski definition) is 2. The number of aromatic nitrogens is 2. The molecule has 1 aliphatic rings. The minimum atomic E-state index is 0.00965. The summed E-state index contributed by atoms with van der Waals surface area (Å²) < 4.78 is 1.76. The summed E-state index contributed by atoms with van der Waals surface area (Å²) in [6.45, 7) is 2.74. The van der Waals surface area contributed by atoms with Crippen molar-refractivity contribution in [3.8, 4) is 0 Å². The first kappa shape index (κ1) is 17.5. The molecule has 2 aromatic rings. The summed E-state index contributed by atoms with van der Waals surface area (Å²) in [6, 6.07) is 12.2. The van der Waals surface area contributed by atoms with Gasteiger partial charge in [0.05, 0.1) is 18.8 Å². The molecule has 1 aliphatic heterocycles. The number of carbonyl (C=O) groups excluding carboxylic acids is 1. The van der Waals surface area contributed by atoms with Crippen molar-refractivity contribution >= 4 is 6.03 Å². The predicted octanol–water partition coefficient (Wildman–Crippen LogP) is 2.01. The van der Waals surface area contributed by atoms with Gasteiger partial charge in [0.25, 0.3) is 0 Å². The highest BCUT2D eigenvalue weighted by Crippen LogP contribution is 2.25. The van der Waals surface area contributed by atoms with Crippen LogP contribution >= 0.6 is 0 Å². The number of piperidine rings is 1. The van der Waals surface area contributed by atoms with Crippen LogP contribution in [-0.4, -0.2) is 52.1 Å². The van der Waals surface area contributed by atoms with E-state index in [-0.39, 0.29) is 18.6 Å². The van der Waals surface area contributed by atoms with Crippen molar-refractivity contribution in [2.45, 2.75) is 31.7 Å². The van der Waals surface area contributed by atoms with E-state index in [9.17, 15) is 4.79 Å². The Kier molecular flexibility index (Phi) is 6.06.